The van der Waals surface area contributed by atoms with Crippen LogP contribution in [0.2, 0.25) is 0 Å². The van der Waals surface area contributed by atoms with Gasteiger partial charge in [-0.1, -0.05) is 37.3 Å². The number of rotatable bonds is 7. The predicted octanol–water partition coefficient (Wildman–Crippen LogP) is 2.41. The molecule has 1 aromatic rings. The third-order valence-corrected chi connectivity index (χ3v) is 4.49. The zero-order valence-corrected chi connectivity index (χ0v) is 14.6. The minimum absolute atomic E-state index is 0.0622. The van der Waals surface area contributed by atoms with Crippen molar-refractivity contribution in [2.75, 3.05) is 6.54 Å². The zero-order chi connectivity index (χ0) is 17.5. The Kier molecular flexibility index (Phi) is 6.79. The van der Waals surface area contributed by atoms with Gasteiger partial charge in [0.15, 0.2) is 0 Å². The Morgan fingerprint density at radius 3 is 2.71 bits per heavy atom. The first kappa shape index (κ1) is 18.5. The maximum absolute atomic E-state index is 12.5. The topological polar surface area (TPSA) is 69.6 Å². The van der Waals surface area contributed by atoms with E-state index in [1.54, 1.807) is 4.90 Å². The van der Waals surface area contributed by atoms with Gasteiger partial charge in [0.25, 0.3) is 0 Å². The summed E-state index contributed by atoms with van der Waals surface area (Å²) in [6.07, 6.45) is 2.72. The molecule has 2 rings (SSSR count). The number of benzene rings is 1. The first-order valence-electron chi connectivity index (χ1n) is 8.85. The van der Waals surface area contributed by atoms with Crippen molar-refractivity contribution < 1.29 is 14.7 Å². The van der Waals surface area contributed by atoms with Crippen LogP contribution in [0.1, 0.15) is 57.6 Å². The Morgan fingerprint density at radius 2 is 2.04 bits per heavy atom. The van der Waals surface area contributed by atoms with Gasteiger partial charge in [-0.2, -0.15) is 0 Å². The number of nitrogens with zero attached hydrogens (tertiary/aromatic N) is 1. The summed E-state index contributed by atoms with van der Waals surface area (Å²) in [5.41, 5.74) is 0.846. The molecule has 0 saturated carbocycles. The first-order chi connectivity index (χ1) is 11.5. The van der Waals surface area contributed by atoms with Crippen LogP contribution in [0, 0.1) is 0 Å². The van der Waals surface area contributed by atoms with Gasteiger partial charge in [0, 0.05) is 19.0 Å². The van der Waals surface area contributed by atoms with Gasteiger partial charge in [0.2, 0.25) is 11.8 Å². The van der Waals surface area contributed by atoms with Crippen LogP contribution in [0.25, 0.3) is 0 Å². The summed E-state index contributed by atoms with van der Waals surface area (Å²) >= 11 is 0. The molecule has 3 atom stereocenters. The highest BCUT2D eigenvalue weighted by molar-refractivity contribution is 5.88. The minimum atomic E-state index is -0.608. The number of carbonyl (C=O) groups excluding carboxylic acids is 2. The zero-order valence-electron chi connectivity index (χ0n) is 14.6. The molecule has 1 saturated heterocycles. The Labute approximate surface area is 144 Å². The fraction of sp³-hybridized carbons (Fsp3) is 0.579. The van der Waals surface area contributed by atoms with Crippen molar-refractivity contribution in [3.05, 3.63) is 35.9 Å². The SMILES string of the molecule is CCCC(=O)N1CCCC1C(=O)NC(C)CC(O)c1ccccc1. The number of aliphatic hydroxyl groups is 1. The second-order valence-electron chi connectivity index (χ2n) is 6.57. The highest BCUT2D eigenvalue weighted by Crippen LogP contribution is 2.21. The van der Waals surface area contributed by atoms with Gasteiger partial charge in [0.1, 0.15) is 6.04 Å². The van der Waals surface area contributed by atoms with Crippen LogP contribution in [-0.2, 0) is 9.59 Å². The van der Waals surface area contributed by atoms with Crippen molar-refractivity contribution in [1.82, 2.24) is 10.2 Å². The third kappa shape index (κ3) is 4.81. The van der Waals surface area contributed by atoms with Crippen molar-refractivity contribution >= 4 is 11.8 Å². The summed E-state index contributed by atoms with van der Waals surface area (Å²) in [5, 5.41) is 13.2. The lowest BCUT2D eigenvalue weighted by molar-refractivity contribution is -0.138. The lowest BCUT2D eigenvalue weighted by Crippen LogP contribution is -2.48. The Hall–Kier alpha value is -1.88. The quantitative estimate of drug-likeness (QED) is 0.805. The van der Waals surface area contributed by atoms with Gasteiger partial charge in [0.05, 0.1) is 6.10 Å². The molecule has 1 aliphatic rings. The second kappa shape index (κ2) is 8.83. The second-order valence-corrected chi connectivity index (χ2v) is 6.57. The maximum atomic E-state index is 12.5. The number of amides is 2. The van der Waals surface area contributed by atoms with E-state index in [9.17, 15) is 14.7 Å². The Balaban J connectivity index is 1.87. The monoisotopic (exact) mass is 332 g/mol. The molecule has 0 aliphatic carbocycles. The van der Waals surface area contributed by atoms with E-state index in [2.05, 4.69) is 5.32 Å². The summed E-state index contributed by atoms with van der Waals surface area (Å²) < 4.78 is 0. The highest BCUT2D eigenvalue weighted by atomic mass is 16.3. The minimum Gasteiger partial charge on any atom is -0.388 e. The lowest BCUT2D eigenvalue weighted by atomic mass is 10.0. The number of aliphatic hydroxyl groups excluding tert-OH is 1. The molecule has 0 aromatic heterocycles. The molecule has 0 spiro atoms. The number of hydrogen-bond donors (Lipinski definition) is 2. The van der Waals surface area contributed by atoms with E-state index in [1.165, 1.54) is 0 Å². The summed E-state index contributed by atoms with van der Waals surface area (Å²) in [4.78, 5) is 26.3. The summed E-state index contributed by atoms with van der Waals surface area (Å²) in [6.45, 7) is 4.52. The van der Waals surface area contributed by atoms with E-state index in [1.807, 2.05) is 44.2 Å². The predicted molar refractivity (Wildman–Crippen MR) is 93.3 cm³/mol. The van der Waals surface area contributed by atoms with E-state index >= 15 is 0 Å². The van der Waals surface area contributed by atoms with Crippen molar-refractivity contribution in [3.8, 4) is 0 Å². The Morgan fingerprint density at radius 1 is 1.33 bits per heavy atom. The standard InChI is InChI=1S/C19H28N2O3/c1-3-8-18(23)21-12-7-11-16(21)19(24)20-14(2)13-17(22)15-9-5-4-6-10-15/h4-6,9-10,14,16-17,22H,3,7-8,11-13H2,1-2H3,(H,20,24). The van der Waals surface area contributed by atoms with Crippen LogP contribution in [0.5, 0.6) is 0 Å². The number of likely N-dealkylation sites (tertiary alicyclic amines) is 1. The fourth-order valence-corrected chi connectivity index (χ4v) is 3.24. The third-order valence-electron chi connectivity index (χ3n) is 4.49. The molecule has 132 valence electrons. The molecule has 3 unspecified atom stereocenters. The smallest absolute Gasteiger partial charge is 0.243 e. The lowest BCUT2D eigenvalue weighted by Gasteiger charge is -2.26. The molecule has 2 N–H and O–H groups in total. The van der Waals surface area contributed by atoms with Gasteiger partial charge in [-0.25, -0.2) is 0 Å². The molecular weight excluding hydrogens is 304 g/mol. The van der Waals surface area contributed by atoms with Crippen LogP contribution in [0.3, 0.4) is 0 Å². The van der Waals surface area contributed by atoms with Gasteiger partial charge in [-0.15, -0.1) is 0 Å². The molecule has 1 aliphatic heterocycles. The molecule has 1 heterocycles. The number of carbonyl (C=O) groups is 2. The van der Waals surface area contributed by atoms with Crippen molar-refractivity contribution in [3.63, 3.8) is 0 Å². The van der Waals surface area contributed by atoms with Crippen LogP contribution in [-0.4, -0.2) is 40.4 Å². The van der Waals surface area contributed by atoms with E-state index in [4.69, 9.17) is 0 Å². The number of hydrogen-bond acceptors (Lipinski definition) is 3. The first-order valence-corrected chi connectivity index (χ1v) is 8.85. The van der Waals surface area contributed by atoms with Gasteiger partial charge in [-0.05, 0) is 38.2 Å². The van der Waals surface area contributed by atoms with Crippen LogP contribution in [0.4, 0.5) is 0 Å². The molecule has 5 heteroatoms. The van der Waals surface area contributed by atoms with E-state index in [0.717, 1.165) is 24.8 Å². The summed E-state index contributed by atoms with van der Waals surface area (Å²) in [7, 11) is 0. The summed E-state index contributed by atoms with van der Waals surface area (Å²) in [6, 6.07) is 8.91. The van der Waals surface area contributed by atoms with Crippen molar-refractivity contribution in [2.45, 2.75) is 64.1 Å². The maximum Gasteiger partial charge on any atom is 0.243 e. The average molecular weight is 332 g/mol. The van der Waals surface area contributed by atoms with Crippen molar-refractivity contribution in [1.29, 1.82) is 0 Å². The molecule has 0 radical (unpaired) electrons. The van der Waals surface area contributed by atoms with E-state index in [0.29, 0.717) is 19.4 Å². The van der Waals surface area contributed by atoms with Crippen molar-refractivity contribution in [2.24, 2.45) is 0 Å². The fourth-order valence-electron chi connectivity index (χ4n) is 3.24. The highest BCUT2D eigenvalue weighted by Gasteiger charge is 2.34. The summed E-state index contributed by atoms with van der Waals surface area (Å²) in [5.74, 6) is -0.0446. The normalized spacial score (nSPS) is 19.8. The van der Waals surface area contributed by atoms with Gasteiger partial charge < -0.3 is 15.3 Å². The largest absolute Gasteiger partial charge is 0.388 e. The van der Waals surface area contributed by atoms with Crippen LogP contribution < -0.4 is 5.32 Å². The van der Waals surface area contributed by atoms with Crippen LogP contribution >= 0.6 is 0 Å². The molecule has 0 bridgehead atoms. The Bertz CT molecular complexity index is 547. The molecule has 5 nitrogen and oxygen atoms in total. The molecule has 2 amide bonds. The van der Waals surface area contributed by atoms with Gasteiger partial charge in [-0.3, -0.25) is 9.59 Å². The molecule has 1 aromatic carbocycles. The van der Waals surface area contributed by atoms with E-state index in [-0.39, 0.29) is 23.9 Å². The molecule has 1 fully saturated rings. The number of nitrogens with one attached hydrogen (secondary N) is 1. The van der Waals surface area contributed by atoms with Gasteiger partial charge >= 0.3 is 0 Å². The van der Waals surface area contributed by atoms with E-state index < -0.39 is 6.10 Å². The van der Waals surface area contributed by atoms with Crippen LogP contribution in [0.15, 0.2) is 30.3 Å². The average Bonchev–Trinajstić information content (AvgIpc) is 3.05. The molecule has 24 heavy (non-hydrogen) atoms. The molecular formula is C19H28N2O3.